The van der Waals surface area contributed by atoms with Gasteiger partial charge in [0.15, 0.2) is 5.60 Å². The number of fused-ring (bicyclic) bond motifs is 1. The first-order chi connectivity index (χ1) is 16.4. The quantitative estimate of drug-likeness (QED) is 0.552. The molecule has 1 aliphatic carbocycles. The number of rotatable bonds is 9. The highest BCUT2D eigenvalue weighted by Gasteiger charge is 2.44. The van der Waals surface area contributed by atoms with E-state index in [1.165, 1.54) is 5.56 Å². The zero-order valence-corrected chi connectivity index (χ0v) is 20.8. The van der Waals surface area contributed by atoms with E-state index in [-0.39, 0.29) is 5.97 Å². The van der Waals surface area contributed by atoms with Gasteiger partial charge in [-0.2, -0.15) is 0 Å². The number of hydrogen-bond acceptors (Lipinski definition) is 7. The number of anilines is 1. The summed E-state index contributed by atoms with van der Waals surface area (Å²) in [4.78, 5) is 34.0. The molecule has 1 saturated carbocycles. The monoisotopic (exact) mass is 472 g/mol. The van der Waals surface area contributed by atoms with Gasteiger partial charge in [-0.25, -0.2) is 4.98 Å². The van der Waals surface area contributed by atoms with Crippen LogP contribution in [-0.2, 0) is 20.7 Å². The van der Waals surface area contributed by atoms with Crippen molar-refractivity contribution in [1.29, 1.82) is 0 Å². The van der Waals surface area contributed by atoms with Crippen molar-refractivity contribution in [2.75, 3.05) is 44.2 Å². The Kier molecular flexibility index (Phi) is 7.96. The molecule has 3 aliphatic rings. The Morgan fingerprint density at radius 1 is 1.24 bits per heavy atom. The molecule has 2 aliphatic heterocycles. The van der Waals surface area contributed by atoms with E-state index in [0.29, 0.717) is 31.1 Å². The molecular formula is C26H40N4O4. The van der Waals surface area contributed by atoms with Crippen molar-refractivity contribution in [3.8, 4) is 5.75 Å². The topological polar surface area (TPSA) is 98.0 Å². The van der Waals surface area contributed by atoms with Gasteiger partial charge in [-0.15, -0.1) is 0 Å². The highest BCUT2D eigenvalue weighted by molar-refractivity contribution is 5.86. The molecule has 0 unspecified atom stereocenters. The first-order valence-electron chi connectivity index (χ1n) is 13.0. The van der Waals surface area contributed by atoms with E-state index < -0.39 is 11.5 Å². The molecule has 0 bridgehead atoms. The number of ether oxygens (including phenoxy) is 2. The number of carbonyl (C=O) groups excluding carboxylic acids is 2. The zero-order valence-electron chi connectivity index (χ0n) is 20.8. The predicted octanol–water partition coefficient (Wildman–Crippen LogP) is 2.92. The summed E-state index contributed by atoms with van der Waals surface area (Å²) < 4.78 is 11.4. The average molecular weight is 473 g/mol. The molecule has 1 aromatic rings. The first kappa shape index (κ1) is 24.8. The second-order valence-electron chi connectivity index (χ2n) is 10.5. The van der Waals surface area contributed by atoms with Crippen LogP contribution < -0.4 is 15.4 Å². The van der Waals surface area contributed by atoms with Gasteiger partial charge in [0, 0.05) is 50.8 Å². The Hall–Kier alpha value is -2.35. The Morgan fingerprint density at radius 2 is 1.97 bits per heavy atom. The summed E-state index contributed by atoms with van der Waals surface area (Å²) in [6.07, 6.45) is 7.84. The third-order valence-corrected chi connectivity index (χ3v) is 7.72. The number of hydrogen-bond donors (Lipinski definition) is 1. The third kappa shape index (κ3) is 5.82. The zero-order chi connectivity index (χ0) is 24.1. The van der Waals surface area contributed by atoms with Gasteiger partial charge in [-0.3, -0.25) is 14.5 Å². The molecule has 0 radical (unpaired) electrons. The summed E-state index contributed by atoms with van der Waals surface area (Å²) in [6.45, 7) is 9.96. The molecule has 2 N–H and O–H groups in total. The van der Waals surface area contributed by atoms with Gasteiger partial charge in [-0.1, -0.05) is 13.8 Å². The second-order valence-corrected chi connectivity index (χ2v) is 10.5. The molecule has 4 rings (SSSR count). The summed E-state index contributed by atoms with van der Waals surface area (Å²) >= 11 is 0. The number of nitrogens with two attached hydrogens (primary N) is 1. The van der Waals surface area contributed by atoms with Crippen LogP contribution in [-0.4, -0.2) is 66.7 Å². The lowest BCUT2D eigenvalue weighted by atomic mass is 9.77. The van der Waals surface area contributed by atoms with Crippen molar-refractivity contribution in [3.05, 3.63) is 17.8 Å². The van der Waals surface area contributed by atoms with Crippen LogP contribution in [0, 0.1) is 11.8 Å². The van der Waals surface area contributed by atoms with E-state index in [0.717, 1.165) is 83.0 Å². The van der Waals surface area contributed by atoms with Gasteiger partial charge in [0.25, 0.3) is 5.91 Å². The fraction of sp³-hybridized carbons (Fsp3) is 0.731. The first-order valence-corrected chi connectivity index (χ1v) is 13.0. The Balaban J connectivity index is 1.20. The van der Waals surface area contributed by atoms with Crippen molar-refractivity contribution < 1.29 is 19.1 Å². The minimum atomic E-state index is -1.11. The molecule has 1 aromatic heterocycles. The van der Waals surface area contributed by atoms with Gasteiger partial charge < -0.3 is 20.1 Å². The fourth-order valence-corrected chi connectivity index (χ4v) is 5.43. The van der Waals surface area contributed by atoms with E-state index in [2.05, 4.69) is 28.6 Å². The molecule has 188 valence electrons. The van der Waals surface area contributed by atoms with Crippen molar-refractivity contribution in [2.24, 2.45) is 17.6 Å². The normalized spacial score (nSPS) is 25.1. The molecular weight excluding hydrogens is 432 g/mol. The second kappa shape index (κ2) is 10.9. The smallest absolute Gasteiger partial charge is 0.306 e. The summed E-state index contributed by atoms with van der Waals surface area (Å²) in [7, 11) is 0. The number of primary amides is 1. The van der Waals surface area contributed by atoms with E-state index in [4.69, 9.17) is 15.2 Å². The largest absolute Gasteiger partial charge is 0.493 e. The number of esters is 1. The Bertz CT molecular complexity index is 858. The third-order valence-electron chi connectivity index (χ3n) is 7.72. The van der Waals surface area contributed by atoms with Gasteiger partial charge >= 0.3 is 5.97 Å². The lowest BCUT2D eigenvalue weighted by Crippen LogP contribution is -2.50. The standard InChI is InChI=1S/C26H40N4O4/c1-19(2)3-4-23(31)34-26(25(27)32)10-5-20(6-11-26)8-13-29-14-16-30(17-15-29)24-21-9-18-33-22(21)7-12-28-24/h7,12,19-20H,3-6,8-11,13-18H2,1-2H3,(H2,27,32). The number of aromatic nitrogens is 1. The Morgan fingerprint density at radius 3 is 2.65 bits per heavy atom. The SMILES string of the molecule is CC(C)CCC(=O)OC1(C(N)=O)CCC(CCN2CCN(c3nccc4c3CCO4)CC2)CC1. The van der Waals surface area contributed by atoms with Gasteiger partial charge in [-0.05, 0) is 63.0 Å². The fourth-order valence-electron chi connectivity index (χ4n) is 5.43. The lowest BCUT2D eigenvalue weighted by molar-refractivity contribution is -0.172. The molecule has 0 spiro atoms. The van der Waals surface area contributed by atoms with Crippen molar-refractivity contribution in [3.63, 3.8) is 0 Å². The van der Waals surface area contributed by atoms with Gasteiger partial charge in [0.05, 0.1) is 6.61 Å². The van der Waals surface area contributed by atoms with Crippen molar-refractivity contribution >= 4 is 17.7 Å². The molecule has 8 heteroatoms. The summed E-state index contributed by atoms with van der Waals surface area (Å²) in [6, 6.07) is 1.96. The number of pyridine rings is 1. The predicted molar refractivity (Wildman–Crippen MR) is 131 cm³/mol. The molecule has 34 heavy (non-hydrogen) atoms. The van der Waals surface area contributed by atoms with Crippen LogP contribution in [0.15, 0.2) is 12.3 Å². The van der Waals surface area contributed by atoms with Crippen LogP contribution in [0.3, 0.4) is 0 Å². The maximum atomic E-state index is 12.3. The van der Waals surface area contributed by atoms with Crippen molar-refractivity contribution in [2.45, 2.75) is 70.8 Å². The maximum absolute atomic E-state index is 12.3. The van der Waals surface area contributed by atoms with E-state index >= 15 is 0 Å². The van der Waals surface area contributed by atoms with Crippen LogP contribution >= 0.6 is 0 Å². The summed E-state index contributed by atoms with van der Waals surface area (Å²) in [5, 5.41) is 0. The van der Waals surface area contributed by atoms with Crippen LogP contribution in [0.5, 0.6) is 5.75 Å². The van der Waals surface area contributed by atoms with Gasteiger partial charge in [0.2, 0.25) is 0 Å². The lowest BCUT2D eigenvalue weighted by Gasteiger charge is -2.39. The molecule has 0 aromatic carbocycles. The Labute approximate surface area is 203 Å². The minimum Gasteiger partial charge on any atom is -0.493 e. The molecule has 1 amide bonds. The molecule has 8 nitrogen and oxygen atoms in total. The molecule has 3 heterocycles. The van der Waals surface area contributed by atoms with Crippen LogP contribution in [0.2, 0.25) is 0 Å². The number of piperazine rings is 1. The molecule has 0 atom stereocenters. The number of nitrogens with zero attached hydrogens (tertiary/aromatic N) is 3. The number of amides is 1. The molecule has 2 fully saturated rings. The highest BCUT2D eigenvalue weighted by atomic mass is 16.6. The van der Waals surface area contributed by atoms with Crippen molar-refractivity contribution in [1.82, 2.24) is 9.88 Å². The maximum Gasteiger partial charge on any atom is 0.306 e. The van der Waals surface area contributed by atoms with E-state index in [1.807, 2.05) is 12.3 Å². The number of carbonyl (C=O) groups is 2. The highest BCUT2D eigenvalue weighted by Crippen LogP contribution is 2.37. The van der Waals surface area contributed by atoms with Crippen LogP contribution in [0.4, 0.5) is 5.82 Å². The molecule has 1 saturated heterocycles. The van der Waals surface area contributed by atoms with Crippen LogP contribution in [0.1, 0.15) is 64.4 Å². The summed E-state index contributed by atoms with van der Waals surface area (Å²) in [5.41, 5.74) is 5.84. The average Bonchev–Trinajstić information content (AvgIpc) is 3.32. The van der Waals surface area contributed by atoms with Crippen LogP contribution in [0.25, 0.3) is 0 Å². The van der Waals surface area contributed by atoms with E-state index in [1.54, 1.807) is 0 Å². The minimum absolute atomic E-state index is 0.297. The van der Waals surface area contributed by atoms with E-state index in [9.17, 15) is 9.59 Å². The summed E-state index contributed by atoms with van der Waals surface area (Å²) in [5.74, 6) is 2.25. The van der Waals surface area contributed by atoms with Gasteiger partial charge in [0.1, 0.15) is 11.6 Å².